The second-order valence-electron chi connectivity index (χ2n) is 6.67. The largest absolute Gasteiger partial charge is 0.487 e. The third-order valence-corrected chi connectivity index (χ3v) is 5.44. The maximum absolute atomic E-state index is 12.5. The second kappa shape index (κ2) is 7.89. The SMILES string of the molecule is Cc1ccccc1C(=O)Nc1cccc(OCc2cc(=O)n3c(C)csc3n2)c1. The van der Waals surface area contributed by atoms with Crippen LogP contribution >= 0.6 is 11.3 Å². The first-order valence-corrected chi connectivity index (χ1v) is 9.96. The van der Waals surface area contributed by atoms with Crippen molar-refractivity contribution in [2.45, 2.75) is 20.5 Å². The molecule has 0 aliphatic heterocycles. The van der Waals surface area contributed by atoms with E-state index >= 15 is 0 Å². The lowest BCUT2D eigenvalue weighted by Crippen LogP contribution is -2.16. The van der Waals surface area contributed by atoms with Gasteiger partial charge in [-0.05, 0) is 37.6 Å². The molecule has 0 atom stereocenters. The van der Waals surface area contributed by atoms with Crippen LogP contribution in [0.4, 0.5) is 5.69 Å². The topological polar surface area (TPSA) is 72.7 Å². The first kappa shape index (κ1) is 18.9. The number of carbonyl (C=O) groups excluding carboxylic acids is 1. The maximum Gasteiger partial charge on any atom is 0.259 e. The summed E-state index contributed by atoms with van der Waals surface area (Å²) in [6.07, 6.45) is 0. The molecule has 2 aromatic carbocycles. The van der Waals surface area contributed by atoms with Crippen LogP contribution in [0.25, 0.3) is 4.96 Å². The van der Waals surface area contributed by atoms with Crippen molar-refractivity contribution in [2.24, 2.45) is 0 Å². The van der Waals surface area contributed by atoms with Crippen LogP contribution in [0, 0.1) is 13.8 Å². The number of nitrogens with zero attached hydrogens (tertiary/aromatic N) is 2. The monoisotopic (exact) mass is 405 g/mol. The minimum Gasteiger partial charge on any atom is -0.487 e. The van der Waals surface area contributed by atoms with E-state index in [1.165, 1.54) is 17.4 Å². The first-order valence-electron chi connectivity index (χ1n) is 9.08. The molecule has 146 valence electrons. The number of fused-ring (bicyclic) bond motifs is 1. The zero-order valence-corrected chi connectivity index (χ0v) is 16.8. The molecule has 1 N–H and O–H groups in total. The highest BCUT2D eigenvalue weighted by Crippen LogP contribution is 2.20. The van der Waals surface area contributed by atoms with E-state index in [2.05, 4.69) is 10.3 Å². The highest BCUT2D eigenvalue weighted by Gasteiger charge is 2.10. The number of nitrogens with one attached hydrogen (secondary N) is 1. The van der Waals surface area contributed by atoms with Crippen molar-refractivity contribution in [1.82, 2.24) is 9.38 Å². The van der Waals surface area contributed by atoms with Crippen molar-refractivity contribution in [3.05, 3.63) is 92.8 Å². The first-order chi connectivity index (χ1) is 14.0. The number of amides is 1. The van der Waals surface area contributed by atoms with Gasteiger partial charge in [0.2, 0.25) is 0 Å². The van der Waals surface area contributed by atoms with Crippen LogP contribution in [-0.4, -0.2) is 15.3 Å². The van der Waals surface area contributed by atoms with Gasteiger partial charge in [0.05, 0.1) is 5.69 Å². The van der Waals surface area contributed by atoms with Crippen molar-refractivity contribution in [3.63, 3.8) is 0 Å². The molecule has 7 heteroatoms. The molecule has 29 heavy (non-hydrogen) atoms. The third kappa shape index (κ3) is 4.05. The molecule has 0 spiro atoms. The Morgan fingerprint density at radius 2 is 1.97 bits per heavy atom. The molecule has 2 heterocycles. The number of hydrogen-bond donors (Lipinski definition) is 1. The molecule has 0 aliphatic rings. The number of thiazole rings is 1. The fraction of sp³-hybridized carbons (Fsp3) is 0.136. The zero-order valence-electron chi connectivity index (χ0n) is 16.0. The summed E-state index contributed by atoms with van der Waals surface area (Å²) >= 11 is 1.42. The van der Waals surface area contributed by atoms with Gasteiger partial charge >= 0.3 is 0 Å². The van der Waals surface area contributed by atoms with Gasteiger partial charge in [-0.25, -0.2) is 4.98 Å². The molecule has 4 rings (SSSR count). The predicted molar refractivity (Wildman–Crippen MR) is 114 cm³/mol. The van der Waals surface area contributed by atoms with Crippen molar-refractivity contribution in [2.75, 3.05) is 5.32 Å². The van der Waals surface area contributed by atoms with Gasteiger partial charge in [-0.2, -0.15) is 0 Å². The van der Waals surface area contributed by atoms with E-state index in [0.29, 0.717) is 27.7 Å². The van der Waals surface area contributed by atoms with E-state index in [1.807, 2.05) is 37.4 Å². The van der Waals surface area contributed by atoms with Gasteiger partial charge in [0.25, 0.3) is 11.5 Å². The van der Waals surface area contributed by atoms with Gasteiger partial charge < -0.3 is 10.1 Å². The molecule has 2 aromatic heterocycles. The number of aromatic nitrogens is 2. The average Bonchev–Trinajstić information content (AvgIpc) is 3.08. The summed E-state index contributed by atoms with van der Waals surface area (Å²) < 4.78 is 7.38. The number of benzene rings is 2. The van der Waals surface area contributed by atoms with Crippen LogP contribution in [0.1, 0.15) is 27.3 Å². The Labute approximate surface area is 171 Å². The van der Waals surface area contributed by atoms with Gasteiger partial charge in [-0.15, -0.1) is 11.3 Å². The van der Waals surface area contributed by atoms with Crippen LogP contribution in [0.5, 0.6) is 5.75 Å². The molecule has 0 unspecified atom stereocenters. The summed E-state index contributed by atoms with van der Waals surface area (Å²) in [7, 11) is 0. The van der Waals surface area contributed by atoms with E-state index in [0.717, 1.165) is 11.3 Å². The zero-order chi connectivity index (χ0) is 20.4. The average molecular weight is 405 g/mol. The van der Waals surface area contributed by atoms with E-state index in [1.54, 1.807) is 34.7 Å². The molecular weight excluding hydrogens is 386 g/mol. The quantitative estimate of drug-likeness (QED) is 0.540. The Kier molecular flexibility index (Phi) is 5.14. The summed E-state index contributed by atoms with van der Waals surface area (Å²) in [5.74, 6) is 0.408. The summed E-state index contributed by atoms with van der Waals surface area (Å²) in [5.41, 5.74) is 3.48. The van der Waals surface area contributed by atoms with Crippen LogP contribution in [0.15, 0.2) is 64.8 Å². The third-order valence-electron chi connectivity index (χ3n) is 4.50. The van der Waals surface area contributed by atoms with Gasteiger partial charge in [0, 0.05) is 34.5 Å². The number of carbonyl (C=O) groups is 1. The molecule has 4 aromatic rings. The number of hydrogen-bond acceptors (Lipinski definition) is 5. The molecule has 1 amide bonds. The Hall–Kier alpha value is -3.45. The van der Waals surface area contributed by atoms with Gasteiger partial charge in [-0.1, -0.05) is 24.3 Å². The number of ether oxygens (including phenoxy) is 1. The lowest BCUT2D eigenvalue weighted by Gasteiger charge is -2.10. The molecule has 0 fully saturated rings. The standard InChI is InChI=1S/C22H19N3O3S/c1-14-6-3-4-9-19(14)21(27)23-16-7-5-8-18(10-16)28-12-17-11-20(26)25-15(2)13-29-22(25)24-17/h3-11,13H,12H2,1-2H3,(H,23,27). The molecule has 0 saturated heterocycles. The van der Waals surface area contributed by atoms with Gasteiger partial charge in [-0.3, -0.25) is 14.0 Å². The highest BCUT2D eigenvalue weighted by molar-refractivity contribution is 7.15. The van der Waals surface area contributed by atoms with E-state index in [-0.39, 0.29) is 18.1 Å². The minimum absolute atomic E-state index is 0.119. The fourth-order valence-corrected chi connectivity index (χ4v) is 3.91. The van der Waals surface area contributed by atoms with Gasteiger partial charge in [0.15, 0.2) is 4.96 Å². The highest BCUT2D eigenvalue weighted by atomic mass is 32.1. The van der Waals surface area contributed by atoms with Crippen LogP contribution in [0.2, 0.25) is 0 Å². The lowest BCUT2D eigenvalue weighted by molar-refractivity contribution is 0.102. The number of rotatable bonds is 5. The summed E-state index contributed by atoms with van der Waals surface area (Å²) in [5, 5.41) is 4.79. The van der Waals surface area contributed by atoms with Crippen LogP contribution in [-0.2, 0) is 6.61 Å². The minimum atomic E-state index is -0.173. The van der Waals surface area contributed by atoms with Gasteiger partial charge in [0.1, 0.15) is 12.4 Å². The van der Waals surface area contributed by atoms with E-state index in [4.69, 9.17) is 4.74 Å². The Morgan fingerprint density at radius 3 is 2.79 bits per heavy atom. The molecule has 0 bridgehead atoms. The fourth-order valence-electron chi connectivity index (χ4n) is 3.02. The second-order valence-corrected chi connectivity index (χ2v) is 7.50. The Balaban J connectivity index is 1.47. The van der Waals surface area contributed by atoms with E-state index in [9.17, 15) is 9.59 Å². The van der Waals surface area contributed by atoms with Crippen molar-refractivity contribution < 1.29 is 9.53 Å². The van der Waals surface area contributed by atoms with Crippen molar-refractivity contribution in [1.29, 1.82) is 0 Å². The maximum atomic E-state index is 12.5. The summed E-state index contributed by atoms with van der Waals surface area (Å²) in [4.78, 5) is 29.9. The molecule has 0 aliphatic carbocycles. The molecule has 0 saturated carbocycles. The van der Waals surface area contributed by atoms with Crippen molar-refractivity contribution >= 4 is 27.9 Å². The van der Waals surface area contributed by atoms with E-state index < -0.39 is 0 Å². The smallest absolute Gasteiger partial charge is 0.259 e. The van der Waals surface area contributed by atoms with Crippen LogP contribution < -0.4 is 15.6 Å². The normalized spacial score (nSPS) is 10.8. The molecule has 0 radical (unpaired) electrons. The Bertz CT molecular complexity index is 1260. The summed E-state index contributed by atoms with van der Waals surface area (Å²) in [6, 6.07) is 16.0. The lowest BCUT2D eigenvalue weighted by atomic mass is 10.1. The Morgan fingerprint density at radius 1 is 1.14 bits per heavy atom. The molecular formula is C22H19N3O3S. The van der Waals surface area contributed by atoms with Crippen molar-refractivity contribution in [3.8, 4) is 5.75 Å². The van der Waals surface area contributed by atoms with Crippen LogP contribution in [0.3, 0.4) is 0 Å². The number of aryl methyl sites for hydroxylation is 2. The predicted octanol–water partition coefficient (Wildman–Crippen LogP) is 4.20. The molecule has 6 nitrogen and oxygen atoms in total. The summed E-state index contributed by atoms with van der Waals surface area (Å²) in [6.45, 7) is 3.94. The number of anilines is 1.